The van der Waals surface area contributed by atoms with E-state index in [0.717, 1.165) is 29.7 Å². The largest absolute Gasteiger partial charge is 0.454 e. The molecule has 23 heavy (non-hydrogen) atoms. The minimum absolute atomic E-state index is 0.285. The molecular formula is C17H26N4O2. The molecule has 1 aliphatic heterocycles. The molecule has 1 saturated carbocycles. The number of nitrogens with two attached hydrogens (primary N) is 1. The molecule has 1 fully saturated rings. The van der Waals surface area contributed by atoms with Gasteiger partial charge in [-0.25, -0.2) is 0 Å². The van der Waals surface area contributed by atoms with Crippen molar-refractivity contribution in [2.24, 2.45) is 16.6 Å². The second kappa shape index (κ2) is 8.06. The predicted molar refractivity (Wildman–Crippen MR) is 92.1 cm³/mol. The fraction of sp³-hybridized carbons (Fsp3) is 0.588. The van der Waals surface area contributed by atoms with Crippen LogP contribution in [0.5, 0.6) is 11.5 Å². The van der Waals surface area contributed by atoms with Crippen molar-refractivity contribution in [2.45, 2.75) is 32.1 Å². The van der Waals surface area contributed by atoms with Gasteiger partial charge in [0.2, 0.25) is 6.79 Å². The van der Waals surface area contributed by atoms with E-state index in [9.17, 15) is 0 Å². The number of hydrogen-bond acceptors (Lipinski definition) is 4. The molecular weight excluding hydrogens is 292 g/mol. The van der Waals surface area contributed by atoms with Gasteiger partial charge in [0.15, 0.2) is 17.5 Å². The van der Waals surface area contributed by atoms with Crippen molar-refractivity contribution in [2.75, 3.05) is 31.7 Å². The summed E-state index contributed by atoms with van der Waals surface area (Å²) >= 11 is 0. The number of hydrogen-bond donors (Lipinski definition) is 3. The van der Waals surface area contributed by atoms with Crippen LogP contribution in [0.1, 0.15) is 32.1 Å². The zero-order valence-electron chi connectivity index (χ0n) is 13.5. The first-order valence-corrected chi connectivity index (χ1v) is 8.50. The maximum absolute atomic E-state index is 5.60. The molecule has 126 valence electrons. The molecule has 6 heteroatoms. The topological polar surface area (TPSA) is 80.9 Å². The Bertz CT molecular complexity index is 541. The van der Waals surface area contributed by atoms with Gasteiger partial charge in [-0.3, -0.25) is 4.99 Å². The van der Waals surface area contributed by atoms with Gasteiger partial charge in [-0.2, -0.15) is 0 Å². The van der Waals surface area contributed by atoms with Crippen LogP contribution in [0.25, 0.3) is 0 Å². The predicted octanol–water partition coefficient (Wildman–Crippen LogP) is 2.31. The Labute approximate surface area is 137 Å². The molecule has 0 amide bonds. The lowest BCUT2D eigenvalue weighted by Crippen LogP contribution is -2.35. The number of nitrogens with zero attached hydrogens (tertiary/aromatic N) is 1. The highest BCUT2D eigenvalue weighted by atomic mass is 16.7. The van der Waals surface area contributed by atoms with Gasteiger partial charge in [0, 0.05) is 31.4 Å². The van der Waals surface area contributed by atoms with Gasteiger partial charge in [-0.05, 0) is 30.9 Å². The molecule has 0 spiro atoms. The summed E-state index contributed by atoms with van der Waals surface area (Å²) in [6.07, 6.45) is 6.62. The Balaban J connectivity index is 1.63. The van der Waals surface area contributed by atoms with Gasteiger partial charge in [-0.1, -0.05) is 19.3 Å². The van der Waals surface area contributed by atoms with Crippen LogP contribution >= 0.6 is 0 Å². The fourth-order valence-corrected chi connectivity index (χ4v) is 3.03. The van der Waals surface area contributed by atoms with Gasteiger partial charge in [0.25, 0.3) is 0 Å². The summed E-state index contributed by atoms with van der Waals surface area (Å²) in [5.41, 5.74) is 6.53. The van der Waals surface area contributed by atoms with E-state index in [0.29, 0.717) is 19.0 Å². The van der Waals surface area contributed by atoms with Crippen LogP contribution in [0.3, 0.4) is 0 Å². The molecule has 0 aromatic heterocycles. The molecule has 1 aliphatic carbocycles. The third-order valence-corrected chi connectivity index (χ3v) is 4.30. The summed E-state index contributed by atoms with van der Waals surface area (Å²) in [5, 5.41) is 6.60. The highest BCUT2D eigenvalue weighted by Crippen LogP contribution is 2.34. The molecule has 0 unspecified atom stereocenters. The molecule has 3 rings (SSSR count). The molecule has 1 heterocycles. The highest BCUT2D eigenvalue weighted by Gasteiger charge is 2.15. The minimum atomic E-state index is 0.285. The van der Waals surface area contributed by atoms with Crippen LogP contribution in [0.4, 0.5) is 5.69 Å². The van der Waals surface area contributed by atoms with Crippen molar-refractivity contribution in [3.63, 3.8) is 0 Å². The first kappa shape index (κ1) is 15.9. The summed E-state index contributed by atoms with van der Waals surface area (Å²) in [4.78, 5) is 4.74. The van der Waals surface area contributed by atoms with E-state index in [2.05, 4.69) is 10.6 Å². The summed E-state index contributed by atoms with van der Waals surface area (Å²) in [6, 6.07) is 5.81. The van der Waals surface area contributed by atoms with Crippen LogP contribution < -0.4 is 25.8 Å². The molecule has 1 aromatic rings. The lowest BCUT2D eigenvalue weighted by atomic mass is 9.89. The van der Waals surface area contributed by atoms with Crippen molar-refractivity contribution >= 4 is 11.6 Å². The second-order valence-electron chi connectivity index (χ2n) is 6.10. The highest BCUT2D eigenvalue weighted by molar-refractivity contribution is 5.94. The first-order chi connectivity index (χ1) is 11.3. The van der Waals surface area contributed by atoms with E-state index < -0.39 is 0 Å². The molecule has 0 saturated heterocycles. The number of aliphatic imine (C=N–C) groups is 1. The molecule has 1 aromatic carbocycles. The van der Waals surface area contributed by atoms with Crippen LogP contribution in [-0.2, 0) is 0 Å². The van der Waals surface area contributed by atoms with Gasteiger partial charge in [0.05, 0.1) is 0 Å². The molecule has 0 bridgehead atoms. The van der Waals surface area contributed by atoms with E-state index in [1.807, 2.05) is 18.2 Å². The zero-order chi connectivity index (χ0) is 15.9. The second-order valence-corrected chi connectivity index (χ2v) is 6.10. The van der Waals surface area contributed by atoms with Crippen molar-refractivity contribution in [3.05, 3.63) is 18.2 Å². The summed E-state index contributed by atoms with van der Waals surface area (Å²) in [5.74, 6) is 3.03. The normalized spacial score (nSPS) is 18.0. The Hall–Kier alpha value is -1.95. The van der Waals surface area contributed by atoms with Crippen LogP contribution in [0, 0.1) is 5.92 Å². The van der Waals surface area contributed by atoms with Gasteiger partial charge in [-0.15, -0.1) is 0 Å². The SMILES string of the molecule is NCCNC(=NCC1CCCCC1)Nc1ccc2c(c1)OCO2. The average Bonchev–Trinajstić information content (AvgIpc) is 3.06. The van der Waals surface area contributed by atoms with E-state index in [-0.39, 0.29) is 6.79 Å². The monoisotopic (exact) mass is 318 g/mol. The number of benzene rings is 1. The van der Waals surface area contributed by atoms with Crippen molar-refractivity contribution in [1.29, 1.82) is 0 Å². The smallest absolute Gasteiger partial charge is 0.231 e. The number of rotatable bonds is 5. The van der Waals surface area contributed by atoms with Crippen LogP contribution in [0.2, 0.25) is 0 Å². The Morgan fingerprint density at radius 1 is 1.17 bits per heavy atom. The van der Waals surface area contributed by atoms with Gasteiger partial charge >= 0.3 is 0 Å². The summed E-state index contributed by atoms with van der Waals surface area (Å²) in [6.45, 7) is 2.42. The standard InChI is InChI=1S/C17H26N4O2/c18-8-9-19-17(20-11-13-4-2-1-3-5-13)21-14-6-7-15-16(10-14)23-12-22-15/h6-7,10,13H,1-5,8-9,11-12,18H2,(H2,19,20,21). The Morgan fingerprint density at radius 2 is 2.00 bits per heavy atom. The molecule has 2 aliphatic rings. The maximum Gasteiger partial charge on any atom is 0.231 e. The molecule has 0 atom stereocenters. The van der Waals surface area contributed by atoms with Crippen LogP contribution in [-0.4, -0.2) is 32.4 Å². The number of anilines is 1. The fourth-order valence-electron chi connectivity index (χ4n) is 3.03. The summed E-state index contributed by atoms with van der Waals surface area (Å²) in [7, 11) is 0. The number of fused-ring (bicyclic) bond motifs is 1. The lowest BCUT2D eigenvalue weighted by Gasteiger charge is -2.20. The first-order valence-electron chi connectivity index (χ1n) is 8.50. The Kier molecular flexibility index (Phi) is 5.58. The molecule has 4 N–H and O–H groups in total. The zero-order valence-corrected chi connectivity index (χ0v) is 13.5. The minimum Gasteiger partial charge on any atom is -0.454 e. The lowest BCUT2D eigenvalue weighted by molar-refractivity contribution is 0.174. The maximum atomic E-state index is 5.60. The van der Waals surface area contributed by atoms with E-state index in [4.69, 9.17) is 20.2 Å². The van der Waals surface area contributed by atoms with Crippen molar-refractivity contribution < 1.29 is 9.47 Å². The van der Waals surface area contributed by atoms with Gasteiger partial charge in [0.1, 0.15) is 0 Å². The van der Waals surface area contributed by atoms with E-state index in [1.165, 1.54) is 32.1 Å². The van der Waals surface area contributed by atoms with Crippen LogP contribution in [0.15, 0.2) is 23.2 Å². The Morgan fingerprint density at radius 3 is 2.83 bits per heavy atom. The van der Waals surface area contributed by atoms with Crippen molar-refractivity contribution in [3.8, 4) is 11.5 Å². The molecule has 6 nitrogen and oxygen atoms in total. The number of nitrogens with one attached hydrogen (secondary N) is 2. The number of guanidine groups is 1. The van der Waals surface area contributed by atoms with Gasteiger partial charge < -0.3 is 25.8 Å². The third-order valence-electron chi connectivity index (χ3n) is 4.30. The summed E-state index contributed by atoms with van der Waals surface area (Å²) < 4.78 is 10.8. The van der Waals surface area contributed by atoms with E-state index >= 15 is 0 Å². The average molecular weight is 318 g/mol. The van der Waals surface area contributed by atoms with Crippen molar-refractivity contribution in [1.82, 2.24) is 5.32 Å². The quantitative estimate of drug-likeness (QED) is 0.573. The third kappa shape index (κ3) is 4.51. The van der Waals surface area contributed by atoms with E-state index in [1.54, 1.807) is 0 Å². The number of ether oxygens (including phenoxy) is 2. The molecule has 0 radical (unpaired) electrons.